The Kier molecular flexibility index (Phi) is 4.94. The zero-order chi connectivity index (χ0) is 14.3. The van der Waals surface area contributed by atoms with Gasteiger partial charge in [-0.3, -0.25) is 0 Å². The number of nitrogens with zero attached hydrogens (tertiary/aromatic N) is 2. The molecule has 1 aromatic carbocycles. The Morgan fingerprint density at radius 3 is 2.38 bits per heavy atom. The summed E-state index contributed by atoms with van der Waals surface area (Å²) in [6.45, 7) is 4.16. The number of rotatable bonds is 2. The predicted octanol–water partition coefficient (Wildman–Crippen LogP) is 5.78. The predicted molar refractivity (Wildman–Crippen MR) is 93.9 cm³/mol. The smallest absolute Gasteiger partial charge is 0.142 e. The Bertz CT molecular complexity index is 781. The van der Waals surface area contributed by atoms with Crippen molar-refractivity contribution in [3.05, 3.63) is 45.0 Å². The summed E-state index contributed by atoms with van der Waals surface area (Å²) in [5, 5.41) is 5.49. The van der Waals surface area contributed by atoms with Crippen molar-refractivity contribution in [2.75, 3.05) is 5.32 Å². The lowest BCUT2D eigenvalue weighted by Crippen LogP contribution is -1.95. The number of hydrogen-bond acceptors (Lipinski definition) is 4. The highest BCUT2D eigenvalue weighted by Gasteiger charge is 2.12. The summed E-state index contributed by atoms with van der Waals surface area (Å²) in [7, 11) is 0. The van der Waals surface area contributed by atoms with E-state index in [-0.39, 0.29) is 12.4 Å². The monoisotopic (exact) mass is 359 g/mol. The molecule has 0 atom stereocenters. The second kappa shape index (κ2) is 6.36. The van der Waals surface area contributed by atoms with Crippen LogP contribution in [0.15, 0.2) is 24.5 Å². The summed E-state index contributed by atoms with van der Waals surface area (Å²) in [6.07, 6.45) is 1.56. The Labute approximate surface area is 142 Å². The highest BCUT2D eigenvalue weighted by molar-refractivity contribution is 7.18. The average molecular weight is 361 g/mol. The number of halogens is 3. The van der Waals surface area contributed by atoms with Gasteiger partial charge in [-0.2, -0.15) is 0 Å². The Morgan fingerprint density at radius 1 is 1.05 bits per heavy atom. The van der Waals surface area contributed by atoms with Crippen molar-refractivity contribution >= 4 is 68.7 Å². The third-order valence-electron chi connectivity index (χ3n) is 3.09. The van der Waals surface area contributed by atoms with E-state index in [4.69, 9.17) is 23.2 Å². The molecule has 3 aromatic rings. The Morgan fingerprint density at radius 2 is 1.71 bits per heavy atom. The largest absolute Gasteiger partial charge is 0.339 e. The molecule has 0 spiro atoms. The molecule has 21 heavy (non-hydrogen) atoms. The Balaban J connectivity index is 0.00000161. The fourth-order valence-electron chi connectivity index (χ4n) is 2.04. The summed E-state index contributed by atoms with van der Waals surface area (Å²) in [6, 6.07) is 5.33. The molecule has 0 radical (unpaired) electrons. The molecule has 7 heteroatoms. The van der Waals surface area contributed by atoms with Crippen LogP contribution in [0.25, 0.3) is 10.2 Å². The van der Waals surface area contributed by atoms with E-state index in [2.05, 4.69) is 29.1 Å². The van der Waals surface area contributed by atoms with E-state index < -0.39 is 0 Å². The van der Waals surface area contributed by atoms with Gasteiger partial charge < -0.3 is 5.32 Å². The normalized spacial score (nSPS) is 10.5. The summed E-state index contributed by atoms with van der Waals surface area (Å²) in [5.41, 5.74) is 2.01. The fraction of sp³-hybridized carbons (Fsp3) is 0.143. The lowest BCUT2D eigenvalue weighted by atomic mass is 10.2. The number of thiophene rings is 1. The van der Waals surface area contributed by atoms with Crippen LogP contribution in [0.1, 0.15) is 10.4 Å². The van der Waals surface area contributed by atoms with Gasteiger partial charge in [-0.1, -0.05) is 23.2 Å². The van der Waals surface area contributed by atoms with E-state index in [1.165, 1.54) is 10.4 Å². The SMILES string of the molecule is Cc1sc2ncnc(Nc3cc(Cl)cc(Cl)c3)c2c1C.Cl. The highest BCUT2D eigenvalue weighted by Crippen LogP contribution is 2.34. The van der Waals surface area contributed by atoms with Gasteiger partial charge >= 0.3 is 0 Å². The van der Waals surface area contributed by atoms with Crippen molar-refractivity contribution in [3.8, 4) is 0 Å². The van der Waals surface area contributed by atoms with Gasteiger partial charge in [0, 0.05) is 20.6 Å². The molecule has 0 saturated carbocycles. The molecule has 0 bridgehead atoms. The first-order valence-corrected chi connectivity index (χ1v) is 7.55. The summed E-state index contributed by atoms with van der Waals surface area (Å²) < 4.78 is 0. The maximum Gasteiger partial charge on any atom is 0.142 e. The zero-order valence-corrected chi connectivity index (χ0v) is 14.4. The second-order valence-electron chi connectivity index (χ2n) is 4.47. The maximum atomic E-state index is 6.01. The highest BCUT2D eigenvalue weighted by atomic mass is 35.5. The number of benzene rings is 1. The van der Waals surface area contributed by atoms with Crippen LogP contribution in [0.4, 0.5) is 11.5 Å². The lowest BCUT2D eigenvalue weighted by molar-refractivity contribution is 1.22. The minimum absolute atomic E-state index is 0. The van der Waals surface area contributed by atoms with Gasteiger partial charge in [0.05, 0.1) is 5.39 Å². The van der Waals surface area contributed by atoms with E-state index in [1.54, 1.807) is 23.7 Å². The third-order valence-corrected chi connectivity index (χ3v) is 4.64. The van der Waals surface area contributed by atoms with E-state index in [0.717, 1.165) is 21.7 Å². The Hall–Kier alpha value is -1.07. The van der Waals surface area contributed by atoms with Gasteiger partial charge in [0.25, 0.3) is 0 Å². The van der Waals surface area contributed by atoms with Crippen LogP contribution in [0.2, 0.25) is 10.0 Å². The van der Waals surface area contributed by atoms with Crippen molar-refractivity contribution in [1.82, 2.24) is 9.97 Å². The van der Waals surface area contributed by atoms with Crippen LogP contribution in [-0.2, 0) is 0 Å². The summed E-state index contributed by atoms with van der Waals surface area (Å²) in [4.78, 5) is 10.9. The van der Waals surface area contributed by atoms with Crippen LogP contribution in [0.3, 0.4) is 0 Å². The standard InChI is InChI=1S/C14H11Cl2N3S.ClH/c1-7-8(2)20-14-12(7)13(17-6-18-14)19-11-4-9(15)3-10(16)5-11;/h3-6H,1-2H3,(H,17,18,19);1H. The van der Waals surface area contributed by atoms with Gasteiger partial charge in [-0.15, -0.1) is 23.7 Å². The molecule has 0 aliphatic rings. The molecule has 0 fully saturated rings. The molecule has 2 aromatic heterocycles. The molecule has 0 amide bonds. The zero-order valence-electron chi connectivity index (χ0n) is 11.3. The molecule has 2 heterocycles. The van der Waals surface area contributed by atoms with Crippen molar-refractivity contribution in [2.45, 2.75) is 13.8 Å². The van der Waals surface area contributed by atoms with Crippen LogP contribution in [0, 0.1) is 13.8 Å². The topological polar surface area (TPSA) is 37.8 Å². The first-order valence-electron chi connectivity index (χ1n) is 5.98. The molecule has 0 aliphatic carbocycles. The minimum Gasteiger partial charge on any atom is -0.339 e. The third kappa shape index (κ3) is 3.24. The molecule has 0 unspecified atom stereocenters. The van der Waals surface area contributed by atoms with Crippen molar-refractivity contribution < 1.29 is 0 Å². The van der Waals surface area contributed by atoms with Gasteiger partial charge in [0.1, 0.15) is 17.0 Å². The van der Waals surface area contributed by atoms with Crippen molar-refractivity contribution in [3.63, 3.8) is 0 Å². The first-order chi connectivity index (χ1) is 9.54. The molecular formula is C14H12Cl3N3S. The molecule has 1 N–H and O–H groups in total. The second-order valence-corrected chi connectivity index (χ2v) is 6.54. The summed E-state index contributed by atoms with van der Waals surface area (Å²) in [5.74, 6) is 0.773. The molecule has 3 rings (SSSR count). The van der Waals surface area contributed by atoms with Crippen LogP contribution < -0.4 is 5.32 Å². The van der Waals surface area contributed by atoms with E-state index in [0.29, 0.717) is 10.0 Å². The van der Waals surface area contributed by atoms with Gasteiger partial charge in [-0.05, 0) is 37.6 Å². The quantitative estimate of drug-likeness (QED) is 0.629. The molecule has 0 saturated heterocycles. The number of nitrogens with one attached hydrogen (secondary N) is 1. The van der Waals surface area contributed by atoms with Crippen LogP contribution in [0.5, 0.6) is 0 Å². The number of anilines is 2. The van der Waals surface area contributed by atoms with E-state index in [1.807, 2.05) is 12.1 Å². The molecular weight excluding hydrogens is 349 g/mol. The molecule has 0 aliphatic heterocycles. The van der Waals surface area contributed by atoms with Gasteiger partial charge in [0.15, 0.2) is 0 Å². The number of aryl methyl sites for hydroxylation is 2. The molecule has 110 valence electrons. The fourth-order valence-corrected chi connectivity index (χ4v) is 3.56. The van der Waals surface area contributed by atoms with Crippen molar-refractivity contribution in [1.29, 1.82) is 0 Å². The van der Waals surface area contributed by atoms with Crippen LogP contribution >= 0.6 is 46.9 Å². The first kappa shape index (κ1) is 16.3. The van der Waals surface area contributed by atoms with E-state index >= 15 is 0 Å². The van der Waals surface area contributed by atoms with Gasteiger partial charge in [-0.25, -0.2) is 9.97 Å². The average Bonchev–Trinajstić information content (AvgIpc) is 2.65. The van der Waals surface area contributed by atoms with Crippen LogP contribution in [-0.4, -0.2) is 9.97 Å². The van der Waals surface area contributed by atoms with E-state index in [9.17, 15) is 0 Å². The number of fused-ring (bicyclic) bond motifs is 1. The number of aromatic nitrogens is 2. The minimum atomic E-state index is 0. The van der Waals surface area contributed by atoms with Gasteiger partial charge in [0.2, 0.25) is 0 Å². The lowest BCUT2D eigenvalue weighted by Gasteiger charge is -2.08. The maximum absolute atomic E-state index is 6.01. The molecule has 3 nitrogen and oxygen atoms in total. The number of hydrogen-bond donors (Lipinski definition) is 1. The van der Waals surface area contributed by atoms with Crippen molar-refractivity contribution in [2.24, 2.45) is 0 Å². The summed E-state index contributed by atoms with van der Waals surface area (Å²) >= 11 is 13.7.